The number of alkyl halides is 3. The number of carbonyl (C=O) groups excluding carboxylic acids is 3. The summed E-state index contributed by atoms with van der Waals surface area (Å²) < 4.78 is 49.7. The van der Waals surface area contributed by atoms with E-state index >= 15 is 0 Å². The lowest BCUT2D eigenvalue weighted by Gasteiger charge is -2.45. The number of hydrogen-bond donors (Lipinski definition) is 3. The Morgan fingerprint density at radius 3 is 2.61 bits per heavy atom. The molecule has 0 spiro atoms. The summed E-state index contributed by atoms with van der Waals surface area (Å²) in [6.45, 7) is 1.80. The number of nitriles is 1. The van der Waals surface area contributed by atoms with Crippen molar-refractivity contribution in [2.24, 2.45) is 5.92 Å². The Balaban J connectivity index is 1.52. The topological polar surface area (TPSA) is 129 Å². The second-order valence-electron chi connectivity index (χ2n) is 10.5. The van der Waals surface area contributed by atoms with Gasteiger partial charge in [-0.3, -0.25) is 9.59 Å². The van der Waals surface area contributed by atoms with Crippen LogP contribution in [-0.4, -0.2) is 47.0 Å². The molecule has 0 unspecified atom stereocenters. The molecule has 3 aromatic rings. The smallest absolute Gasteiger partial charge is 0.437 e. The normalized spacial score (nSPS) is 21.2. The fourth-order valence-electron chi connectivity index (χ4n) is 5.70. The van der Waals surface area contributed by atoms with Crippen molar-refractivity contribution in [3.8, 4) is 6.07 Å². The van der Waals surface area contributed by atoms with Crippen LogP contribution < -0.4 is 10.6 Å². The maximum absolute atomic E-state index is 14.8. The second-order valence-corrected chi connectivity index (χ2v) is 14.0. The zero-order valence-corrected chi connectivity index (χ0v) is 27.4. The van der Waals surface area contributed by atoms with Crippen LogP contribution in [0.2, 0.25) is 5.02 Å². The molecule has 3 N–H and O–H groups in total. The average molecular weight is 710 g/mol. The van der Waals surface area contributed by atoms with E-state index < -0.39 is 52.2 Å². The van der Waals surface area contributed by atoms with Crippen molar-refractivity contribution in [1.29, 1.82) is 5.26 Å². The van der Waals surface area contributed by atoms with E-state index in [4.69, 9.17) is 16.3 Å². The minimum absolute atomic E-state index is 0.00842. The van der Waals surface area contributed by atoms with Crippen LogP contribution in [0.5, 0.6) is 0 Å². The van der Waals surface area contributed by atoms with Crippen molar-refractivity contribution in [1.82, 2.24) is 5.32 Å². The number of thioether (sulfide) groups is 1. The number of nitrogens with one attached hydrogen (secondary N) is 2. The number of Topliss-reactive ketones (excluding diaryl/α,β-unsaturated/α-hetero) is 1. The standard InChI is InChI=1S/C31H27ClF3N3O5S3/c1-2-43-29(41)24-17-9-4-6-11-20(17)46-28(24)37-22(39)15-45-27-18(14-36)23(16-8-3-5-10-19(16)32)25(26(40)21-12-7-13-44-21)30(42,38-27)31(33,34)35/h3,5,7-8,10,12-13,23,25,38,42H,2,4,6,9,11,15H2,1H3,(H,37,39)/t23-,25+,30+/m0/s1. The van der Waals surface area contributed by atoms with Gasteiger partial charge in [0.1, 0.15) is 5.00 Å². The summed E-state index contributed by atoms with van der Waals surface area (Å²) in [5, 5.41) is 27.8. The second kappa shape index (κ2) is 13.8. The number of anilines is 1. The van der Waals surface area contributed by atoms with Gasteiger partial charge in [-0.05, 0) is 61.2 Å². The van der Waals surface area contributed by atoms with Gasteiger partial charge >= 0.3 is 12.1 Å². The maximum atomic E-state index is 14.8. The molecule has 2 aliphatic rings. The molecule has 3 heterocycles. The van der Waals surface area contributed by atoms with Gasteiger partial charge < -0.3 is 20.5 Å². The van der Waals surface area contributed by atoms with Gasteiger partial charge in [0.05, 0.1) is 45.4 Å². The number of thiophene rings is 2. The highest BCUT2D eigenvalue weighted by Gasteiger charge is 2.66. The van der Waals surface area contributed by atoms with Gasteiger partial charge in [-0.2, -0.15) is 18.4 Å². The number of fused-ring (bicyclic) bond motifs is 1. The Kier molecular flexibility index (Phi) is 10.2. The third kappa shape index (κ3) is 6.44. The van der Waals surface area contributed by atoms with Crippen molar-refractivity contribution in [3.63, 3.8) is 0 Å². The van der Waals surface area contributed by atoms with Gasteiger partial charge in [0.25, 0.3) is 0 Å². The number of halogens is 4. The highest BCUT2D eigenvalue weighted by Crippen LogP contribution is 2.52. The minimum atomic E-state index is -5.40. The molecule has 0 radical (unpaired) electrons. The fourth-order valence-corrected chi connectivity index (χ4v) is 8.85. The molecule has 1 aliphatic heterocycles. The van der Waals surface area contributed by atoms with Crippen molar-refractivity contribution in [2.45, 2.75) is 50.4 Å². The van der Waals surface area contributed by atoms with Crippen LogP contribution in [0.4, 0.5) is 18.2 Å². The fraction of sp³-hybridized carbons (Fsp3) is 0.355. The molecule has 46 heavy (non-hydrogen) atoms. The average Bonchev–Trinajstić information content (AvgIpc) is 3.68. The first-order valence-electron chi connectivity index (χ1n) is 14.2. The molecule has 1 aliphatic carbocycles. The zero-order chi connectivity index (χ0) is 33.2. The van der Waals surface area contributed by atoms with E-state index in [0.29, 0.717) is 18.2 Å². The van der Waals surface area contributed by atoms with Crippen LogP contribution in [0.3, 0.4) is 0 Å². The molecule has 3 atom stereocenters. The van der Waals surface area contributed by atoms with Gasteiger partial charge in [-0.1, -0.05) is 47.6 Å². The number of ether oxygens (including phenoxy) is 1. The van der Waals surface area contributed by atoms with E-state index in [1.807, 2.05) is 11.4 Å². The van der Waals surface area contributed by atoms with Crippen molar-refractivity contribution >= 4 is 68.7 Å². The number of aliphatic hydroxyl groups is 1. The lowest BCUT2D eigenvalue weighted by Crippen LogP contribution is -2.66. The number of esters is 1. The molecule has 1 aromatic carbocycles. The van der Waals surface area contributed by atoms with Gasteiger partial charge in [-0.15, -0.1) is 22.7 Å². The molecule has 2 aromatic heterocycles. The van der Waals surface area contributed by atoms with Crippen molar-refractivity contribution in [3.05, 3.63) is 83.8 Å². The lowest BCUT2D eigenvalue weighted by molar-refractivity contribution is -0.285. The quantitative estimate of drug-likeness (QED) is 0.159. The minimum Gasteiger partial charge on any atom is -0.462 e. The number of allylic oxidation sites excluding steroid dienone is 1. The van der Waals surface area contributed by atoms with Crippen LogP contribution in [0.1, 0.15) is 61.7 Å². The third-order valence-electron chi connectivity index (χ3n) is 7.73. The molecule has 15 heteroatoms. The Morgan fingerprint density at radius 1 is 1.22 bits per heavy atom. The van der Waals surface area contributed by atoms with Crippen molar-refractivity contribution < 1.29 is 37.4 Å². The van der Waals surface area contributed by atoms with E-state index in [9.17, 15) is 37.9 Å². The number of amides is 1. The first kappa shape index (κ1) is 34.0. The maximum Gasteiger partial charge on any atom is 0.437 e. The van der Waals surface area contributed by atoms with E-state index in [-0.39, 0.29) is 38.2 Å². The molecule has 0 bridgehead atoms. The molecule has 0 saturated heterocycles. The number of rotatable bonds is 9. The van der Waals surface area contributed by atoms with Gasteiger partial charge in [0, 0.05) is 15.8 Å². The molecule has 0 fully saturated rings. The number of nitrogens with zero attached hydrogens (tertiary/aromatic N) is 1. The third-order valence-corrected chi connectivity index (χ3v) is 11.2. The molecule has 0 saturated carbocycles. The Bertz CT molecular complexity index is 1730. The lowest BCUT2D eigenvalue weighted by atomic mass is 9.70. The molecular weight excluding hydrogens is 683 g/mol. The first-order chi connectivity index (χ1) is 21.9. The number of carbonyl (C=O) groups is 3. The van der Waals surface area contributed by atoms with Crippen LogP contribution in [-0.2, 0) is 22.4 Å². The Morgan fingerprint density at radius 2 is 1.96 bits per heavy atom. The monoisotopic (exact) mass is 709 g/mol. The number of benzene rings is 1. The summed E-state index contributed by atoms with van der Waals surface area (Å²) in [5.41, 5.74) is -3.01. The van der Waals surface area contributed by atoms with Crippen LogP contribution in [0, 0.1) is 17.2 Å². The summed E-state index contributed by atoms with van der Waals surface area (Å²) >= 11 is 9.14. The molecule has 242 valence electrons. The predicted molar refractivity (Wildman–Crippen MR) is 171 cm³/mol. The van der Waals surface area contributed by atoms with E-state index in [1.165, 1.54) is 47.0 Å². The van der Waals surface area contributed by atoms with E-state index in [1.54, 1.807) is 13.0 Å². The van der Waals surface area contributed by atoms with Crippen LogP contribution >= 0.6 is 46.0 Å². The highest BCUT2D eigenvalue weighted by atomic mass is 35.5. The van der Waals surface area contributed by atoms with E-state index in [2.05, 4.69) is 5.32 Å². The molecule has 5 rings (SSSR count). The Hall–Kier alpha value is -3.35. The predicted octanol–water partition coefficient (Wildman–Crippen LogP) is 7.06. The van der Waals surface area contributed by atoms with Crippen LogP contribution in [0.15, 0.2) is 52.4 Å². The summed E-state index contributed by atoms with van der Waals surface area (Å²) in [5.74, 6) is -6.62. The summed E-state index contributed by atoms with van der Waals surface area (Å²) in [4.78, 5) is 40.6. The molecular formula is C31H27ClF3N3O5S3. The van der Waals surface area contributed by atoms with E-state index in [0.717, 1.165) is 41.0 Å². The summed E-state index contributed by atoms with van der Waals surface area (Å²) in [7, 11) is 0. The summed E-state index contributed by atoms with van der Waals surface area (Å²) in [6, 6.07) is 10.6. The Labute approximate surface area is 279 Å². The SMILES string of the molecule is CCOC(=O)c1c(NC(=O)CSC2=C(C#N)[C@H](c3ccccc3Cl)[C@H](C(=O)c3cccs3)[C@@](O)(C(F)(F)F)N2)sc2c1CCCC2. The number of ketones is 1. The van der Waals surface area contributed by atoms with Crippen LogP contribution in [0.25, 0.3) is 0 Å². The summed E-state index contributed by atoms with van der Waals surface area (Å²) in [6.07, 6.45) is -2.20. The molecule has 1 amide bonds. The zero-order valence-electron chi connectivity index (χ0n) is 24.2. The number of aryl methyl sites for hydroxylation is 1. The highest BCUT2D eigenvalue weighted by molar-refractivity contribution is 8.03. The van der Waals surface area contributed by atoms with Gasteiger partial charge in [-0.25, -0.2) is 4.79 Å². The molecule has 8 nitrogen and oxygen atoms in total. The van der Waals surface area contributed by atoms with Gasteiger partial charge in [0.15, 0.2) is 5.78 Å². The van der Waals surface area contributed by atoms with Crippen molar-refractivity contribution in [2.75, 3.05) is 17.7 Å². The van der Waals surface area contributed by atoms with Gasteiger partial charge in [0.2, 0.25) is 11.6 Å². The largest absolute Gasteiger partial charge is 0.462 e. The number of hydrogen-bond acceptors (Lipinski definition) is 10. The first-order valence-corrected chi connectivity index (χ1v) is 17.2.